The first-order chi connectivity index (χ1) is 6.35. The fourth-order valence-corrected chi connectivity index (χ4v) is 0.731. The van der Waals surface area contributed by atoms with Crippen LogP contribution in [0.5, 0.6) is 0 Å². The van der Waals surface area contributed by atoms with Gasteiger partial charge in [0.15, 0.2) is 0 Å². The van der Waals surface area contributed by atoms with Crippen LogP contribution >= 0.6 is 0 Å². The van der Waals surface area contributed by atoms with E-state index in [4.69, 9.17) is 4.74 Å². The molecule has 0 rings (SSSR count). The smallest absolute Gasteiger partial charge is 0.342 e. The van der Waals surface area contributed by atoms with E-state index in [0.29, 0.717) is 0 Å². The summed E-state index contributed by atoms with van der Waals surface area (Å²) < 4.78 is 4.98. The van der Waals surface area contributed by atoms with Crippen LogP contribution in [0.3, 0.4) is 0 Å². The van der Waals surface area contributed by atoms with Gasteiger partial charge >= 0.3 is 11.9 Å². The molecule has 0 saturated heterocycles. The molecule has 14 heavy (non-hydrogen) atoms. The third kappa shape index (κ3) is 7.54. The minimum atomic E-state index is -0.585. The second kappa shape index (κ2) is 5.59. The van der Waals surface area contributed by atoms with Crippen LogP contribution in [-0.2, 0) is 24.1 Å². The van der Waals surface area contributed by atoms with Gasteiger partial charge in [0.1, 0.15) is 5.60 Å². The van der Waals surface area contributed by atoms with E-state index >= 15 is 0 Å². The lowest BCUT2D eigenvalue weighted by Crippen LogP contribution is -2.24. The van der Waals surface area contributed by atoms with Crippen LogP contribution in [0, 0.1) is 0 Å². The number of hydrogen-bond donors (Lipinski definition) is 0. The van der Waals surface area contributed by atoms with Gasteiger partial charge in [0, 0.05) is 0 Å². The van der Waals surface area contributed by atoms with Gasteiger partial charge in [0.05, 0.1) is 20.0 Å². The molecule has 0 amide bonds. The molecule has 0 saturated carbocycles. The molecule has 82 valence electrons. The molecule has 0 aromatic carbocycles. The predicted octanol–water partition coefficient (Wildman–Crippen LogP) is 1.21. The zero-order valence-corrected chi connectivity index (χ0v) is 8.96. The van der Waals surface area contributed by atoms with Gasteiger partial charge in [-0.1, -0.05) is 0 Å². The molecule has 0 bridgehead atoms. The lowest BCUT2D eigenvalue weighted by molar-refractivity contribution is -0.255. The molecule has 0 unspecified atom stereocenters. The molecule has 0 heterocycles. The maximum atomic E-state index is 11.1. The molecule has 0 atom stereocenters. The van der Waals surface area contributed by atoms with Crippen molar-refractivity contribution in [1.82, 2.24) is 0 Å². The standard InChI is InChI=1S/C9H16O5/c1-9(2,3)13-7(10)5-6-8(11)14-12-4/h5-6H2,1-4H3. The second-order valence-corrected chi connectivity index (χ2v) is 3.71. The third-order valence-electron chi connectivity index (χ3n) is 1.13. The van der Waals surface area contributed by atoms with Gasteiger partial charge in [-0.25, -0.2) is 4.79 Å². The Labute approximate surface area is 83.3 Å². The van der Waals surface area contributed by atoms with Crippen molar-refractivity contribution in [3.8, 4) is 0 Å². The Morgan fingerprint density at radius 2 is 1.57 bits per heavy atom. The maximum Gasteiger partial charge on any atom is 0.342 e. The summed E-state index contributed by atoms with van der Waals surface area (Å²) in [4.78, 5) is 30.2. The highest BCUT2D eigenvalue weighted by molar-refractivity contribution is 5.77. The van der Waals surface area contributed by atoms with Crippen LogP contribution < -0.4 is 0 Å². The highest BCUT2D eigenvalue weighted by Crippen LogP contribution is 2.09. The average Bonchev–Trinajstić information content (AvgIpc) is 1.98. The van der Waals surface area contributed by atoms with Crippen molar-refractivity contribution >= 4 is 11.9 Å². The van der Waals surface area contributed by atoms with Crippen molar-refractivity contribution in [2.24, 2.45) is 0 Å². The molecular weight excluding hydrogens is 188 g/mol. The number of rotatable bonds is 4. The molecule has 0 fully saturated rings. The van der Waals surface area contributed by atoms with Crippen LogP contribution in [0.15, 0.2) is 0 Å². The van der Waals surface area contributed by atoms with E-state index in [0.717, 1.165) is 0 Å². The highest BCUT2D eigenvalue weighted by atomic mass is 17.2. The molecule has 0 aromatic heterocycles. The number of carbonyl (C=O) groups is 2. The molecule has 0 aromatic rings. The summed E-state index contributed by atoms with van der Waals surface area (Å²) >= 11 is 0. The van der Waals surface area contributed by atoms with Crippen LogP contribution in [-0.4, -0.2) is 24.6 Å². The first kappa shape index (κ1) is 12.9. The molecule has 5 nitrogen and oxygen atoms in total. The van der Waals surface area contributed by atoms with Crippen LogP contribution in [0.25, 0.3) is 0 Å². The molecule has 0 aliphatic rings. The van der Waals surface area contributed by atoms with Gasteiger partial charge in [-0.3, -0.25) is 9.68 Å². The Balaban J connectivity index is 3.70. The molecule has 0 radical (unpaired) electrons. The summed E-state index contributed by atoms with van der Waals surface area (Å²) in [6.07, 6.45) is -0.0395. The normalized spacial score (nSPS) is 10.9. The fraction of sp³-hybridized carbons (Fsp3) is 0.778. The van der Waals surface area contributed by atoms with E-state index in [1.165, 1.54) is 7.11 Å². The van der Waals surface area contributed by atoms with Gasteiger partial charge in [-0.2, -0.15) is 4.89 Å². The van der Waals surface area contributed by atoms with E-state index in [1.807, 2.05) is 0 Å². The van der Waals surface area contributed by atoms with E-state index in [1.54, 1.807) is 20.8 Å². The number of esters is 1. The second-order valence-electron chi connectivity index (χ2n) is 3.71. The minimum absolute atomic E-state index is 0.000532. The fourth-order valence-electron chi connectivity index (χ4n) is 0.731. The lowest BCUT2D eigenvalue weighted by Gasteiger charge is -2.19. The molecule has 0 N–H and O–H groups in total. The van der Waals surface area contributed by atoms with Crippen molar-refractivity contribution in [2.45, 2.75) is 39.2 Å². The largest absolute Gasteiger partial charge is 0.460 e. The van der Waals surface area contributed by atoms with Gasteiger partial charge in [0.25, 0.3) is 0 Å². The molecule has 5 heteroatoms. The van der Waals surface area contributed by atoms with Crippen molar-refractivity contribution in [2.75, 3.05) is 7.11 Å². The van der Waals surface area contributed by atoms with Gasteiger partial charge in [0.2, 0.25) is 0 Å². The van der Waals surface area contributed by atoms with E-state index < -0.39 is 17.5 Å². The molecule has 0 spiro atoms. The zero-order chi connectivity index (χ0) is 11.2. The summed E-state index contributed by atoms with van der Waals surface area (Å²) in [5.74, 6) is -1.01. The Bertz CT molecular complexity index is 204. The summed E-state index contributed by atoms with van der Waals surface area (Å²) in [5, 5.41) is 0. The summed E-state index contributed by atoms with van der Waals surface area (Å²) in [7, 11) is 1.23. The van der Waals surface area contributed by atoms with Gasteiger partial charge in [-0.15, -0.1) is 0 Å². The Hall–Kier alpha value is -1.10. The summed E-state index contributed by atoms with van der Waals surface area (Å²) in [6, 6.07) is 0. The first-order valence-corrected chi connectivity index (χ1v) is 4.30. The van der Waals surface area contributed by atoms with Gasteiger partial charge < -0.3 is 4.74 Å². The van der Waals surface area contributed by atoms with Crippen molar-refractivity contribution in [1.29, 1.82) is 0 Å². The monoisotopic (exact) mass is 204 g/mol. The Morgan fingerprint density at radius 1 is 1.07 bits per heavy atom. The van der Waals surface area contributed by atoms with E-state index in [-0.39, 0.29) is 12.8 Å². The number of carbonyl (C=O) groups excluding carboxylic acids is 2. The van der Waals surface area contributed by atoms with E-state index in [9.17, 15) is 9.59 Å². The van der Waals surface area contributed by atoms with Crippen LogP contribution in [0.2, 0.25) is 0 Å². The first-order valence-electron chi connectivity index (χ1n) is 4.30. The van der Waals surface area contributed by atoms with Crippen molar-refractivity contribution in [3.05, 3.63) is 0 Å². The van der Waals surface area contributed by atoms with Crippen LogP contribution in [0.1, 0.15) is 33.6 Å². The van der Waals surface area contributed by atoms with Crippen molar-refractivity contribution in [3.63, 3.8) is 0 Å². The lowest BCUT2D eigenvalue weighted by atomic mass is 10.2. The van der Waals surface area contributed by atoms with E-state index in [2.05, 4.69) is 9.78 Å². The quantitative estimate of drug-likeness (QED) is 0.391. The van der Waals surface area contributed by atoms with Gasteiger partial charge in [-0.05, 0) is 20.8 Å². The SMILES string of the molecule is COOC(=O)CCC(=O)OC(C)(C)C. The predicted molar refractivity (Wildman–Crippen MR) is 48.2 cm³/mol. The summed E-state index contributed by atoms with van der Waals surface area (Å²) in [6.45, 7) is 5.29. The Kier molecular flexibility index (Phi) is 5.15. The number of ether oxygens (including phenoxy) is 1. The highest BCUT2D eigenvalue weighted by Gasteiger charge is 2.17. The molecule has 0 aliphatic carbocycles. The average molecular weight is 204 g/mol. The maximum absolute atomic E-state index is 11.1. The summed E-state index contributed by atoms with van der Waals surface area (Å²) in [5.41, 5.74) is -0.526. The minimum Gasteiger partial charge on any atom is -0.460 e. The number of hydrogen-bond acceptors (Lipinski definition) is 5. The Morgan fingerprint density at radius 3 is 2.00 bits per heavy atom. The molecule has 0 aliphatic heterocycles. The third-order valence-corrected chi connectivity index (χ3v) is 1.13. The topological polar surface area (TPSA) is 61.8 Å². The zero-order valence-electron chi connectivity index (χ0n) is 8.96. The molecular formula is C9H16O5. The van der Waals surface area contributed by atoms with Crippen molar-refractivity contribution < 1.29 is 24.1 Å². The van der Waals surface area contributed by atoms with Crippen LogP contribution in [0.4, 0.5) is 0 Å².